The van der Waals surface area contributed by atoms with Gasteiger partial charge < -0.3 is 10.7 Å². The van der Waals surface area contributed by atoms with Gasteiger partial charge in [0.25, 0.3) is 5.91 Å². The normalized spacial score (nSPS) is 10.2. The Kier molecular flexibility index (Phi) is 2.25. The lowest BCUT2D eigenvalue weighted by Gasteiger charge is -2.00. The van der Waals surface area contributed by atoms with Crippen LogP contribution in [0, 0.1) is 5.82 Å². The summed E-state index contributed by atoms with van der Waals surface area (Å²) < 4.78 is 13.0. The fourth-order valence-corrected chi connectivity index (χ4v) is 1.47. The van der Waals surface area contributed by atoms with E-state index in [2.05, 4.69) is 4.98 Å². The molecule has 1 aromatic carbocycles. The Bertz CT molecular complexity index is 505. The topological polar surface area (TPSA) is 58.9 Å². The molecule has 76 valence electrons. The van der Waals surface area contributed by atoms with Gasteiger partial charge in [0.15, 0.2) is 0 Å². The highest BCUT2D eigenvalue weighted by atomic mass is 19.1. The molecule has 0 saturated carbocycles. The van der Waals surface area contributed by atoms with E-state index in [9.17, 15) is 9.18 Å². The number of carbonyl (C=O) groups excluding carboxylic acids is 1. The Balaban J connectivity index is 2.54. The number of H-pyrrole nitrogens is 1. The van der Waals surface area contributed by atoms with Crippen molar-refractivity contribution in [1.29, 1.82) is 0 Å². The van der Waals surface area contributed by atoms with Gasteiger partial charge in [0, 0.05) is 11.8 Å². The first kappa shape index (κ1) is 9.45. The van der Waals surface area contributed by atoms with Crippen molar-refractivity contribution in [3.05, 3.63) is 48.0 Å². The predicted molar refractivity (Wildman–Crippen MR) is 54.7 cm³/mol. The number of amides is 1. The van der Waals surface area contributed by atoms with Crippen LogP contribution >= 0.6 is 0 Å². The van der Waals surface area contributed by atoms with Crippen molar-refractivity contribution in [2.45, 2.75) is 0 Å². The molecule has 2 aromatic rings. The number of primary amides is 1. The number of aromatic amines is 1. The molecule has 1 amide bonds. The standard InChI is InChI=1S/C11H9FN2O/c12-8-3-1-2-7(6-8)9-4-5-14-10(9)11(13)15/h1-6,14H,(H2,13,15). The minimum Gasteiger partial charge on any atom is -0.364 e. The molecule has 0 fully saturated rings. The van der Waals surface area contributed by atoms with Crippen molar-refractivity contribution < 1.29 is 9.18 Å². The molecule has 1 aromatic heterocycles. The van der Waals surface area contributed by atoms with Crippen LogP contribution in [0.5, 0.6) is 0 Å². The predicted octanol–water partition coefficient (Wildman–Crippen LogP) is 1.92. The van der Waals surface area contributed by atoms with E-state index in [1.165, 1.54) is 12.1 Å². The quantitative estimate of drug-likeness (QED) is 0.771. The summed E-state index contributed by atoms with van der Waals surface area (Å²) in [6, 6.07) is 7.70. The van der Waals surface area contributed by atoms with Crippen molar-refractivity contribution in [1.82, 2.24) is 4.98 Å². The Hall–Kier alpha value is -2.10. The molecule has 2 rings (SSSR count). The maximum Gasteiger partial charge on any atom is 0.265 e. The first-order valence-electron chi connectivity index (χ1n) is 4.41. The largest absolute Gasteiger partial charge is 0.364 e. The molecule has 3 nitrogen and oxygen atoms in total. The first-order valence-corrected chi connectivity index (χ1v) is 4.41. The highest BCUT2D eigenvalue weighted by Crippen LogP contribution is 2.23. The van der Waals surface area contributed by atoms with Crippen LogP contribution in [-0.4, -0.2) is 10.9 Å². The SMILES string of the molecule is NC(=O)c1[nH]ccc1-c1cccc(F)c1. The van der Waals surface area contributed by atoms with Crippen LogP contribution in [0.2, 0.25) is 0 Å². The number of benzene rings is 1. The fraction of sp³-hybridized carbons (Fsp3) is 0. The Morgan fingerprint density at radius 2 is 2.13 bits per heavy atom. The number of hydrogen-bond acceptors (Lipinski definition) is 1. The molecule has 0 bridgehead atoms. The zero-order chi connectivity index (χ0) is 10.8. The summed E-state index contributed by atoms with van der Waals surface area (Å²) in [7, 11) is 0. The third kappa shape index (κ3) is 1.74. The second-order valence-corrected chi connectivity index (χ2v) is 3.14. The Morgan fingerprint density at radius 1 is 1.33 bits per heavy atom. The van der Waals surface area contributed by atoms with E-state index in [4.69, 9.17) is 5.73 Å². The molecule has 4 heteroatoms. The van der Waals surface area contributed by atoms with Gasteiger partial charge in [-0.2, -0.15) is 0 Å². The van der Waals surface area contributed by atoms with Gasteiger partial charge in [-0.1, -0.05) is 12.1 Å². The highest BCUT2D eigenvalue weighted by Gasteiger charge is 2.10. The zero-order valence-electron chi connectivity index (χ0n) is 7.83. The summed E-state index contributed by atoms with van der Waals surface area (Å²) >= 11 is 0. The van der Waals surface area contributed by atoms with Crippen LogP contribution in [0.1, 0.15) is 10.5 Å². The third-order valence-electron chi connectivity index (χ3n) is 2.13. The van der Waals surface area contributed by atoms with E-state index in [0.717, 1.165) is 0 Å². The van der Waals surface area contributed by atoms with Gasteiger partial charge in [-0.25, -0.2) is 4.39 Å². The molecular formula is C11H9FN2O. The van der Waals surface area contributed by atoms with Crippen LogP contribution in [0.4, 0.5) is 4.39 Å². The molecule has 15 heavy (non-hydrogen) atoms. The Labute approximate surface area is 85.7 Å². The molecule has 0 radical (unpaired) electrons. The van der Waals surface area contributed by atoms with E-state index >= 15 is 0 Å². The van der Waals surface area contributed by atoms with Gasteiger partial charge in [0.2, 0.25) is 0 Å². The van der Waals surface area contributed by atoms with Gasteiger partial charge in [0.05, 0.1) is 0 Å². The van der Waals surface area contributed by atoms with E-state index < -0.39 is 5.91 Å². The molecule has 0 aliphatic heterocycles. The maximum absolute atomic E-state index is 13.0. The lowest BCUT2D eigenvalue weighted by molar-refractivity contribution is 0.0997. The number of nitrogens with two attached hydrogens (primary N) is 1. The number of halogens is 1. The average Bonchev–Trinajstić information content (AvgIpc) is 2.65. The van der Waals surface area contributed by atoms with Crippen molar-refractivity contribution in [3.8, 4) is 11.1 Å². The summed E-state index contributed by atoms with van der Waals surface area (Å²) in [5.74, 6) is -0.900. The summed E-state index contributed by atoms with van der Waals surface area (Å²) in [6.07, 6.45) is 1.60. The van der Waals surface area contributed by atoms with Gasteiger partial charge in [-0.05, 0) is 23.8 Å². The van der Waals surface area contributed by atoms with Crippen LogP contribution in [0.3, 0.4) is 0 Å². The van der Waals surface area contributed by atoms with Crippen LogP contribution in [0.25, 0.3) is 11.1 Å². The molecule has 0 spiro atoms. The lowest BCUT2D eigenvalue weighted by Crippen LogP contribution is -2.12. The number of rotatable bonds is 2. The van der Waals surface area contributed by atoms with Crippen molar-refractivity contribution in [2.75, 3.05) is 0 Å². The van der Waals surface area contributed by atoms with Crippen LogP contribution in [0.15, 0.2) is 36.5 Å². The van der Waals surface area contributed by atoms with Gasteiger partial charge in [0.1, 0.15) is 11.5 Å². The molecule has 1 heterocycles. The fourth-order valence-electron chi connectivity index (χ4n) is 1.47. The smallest absolute Gasteiger partial charge is 0.265 e. The second kappa shape index (κ2) is 3.57. The molecule has 0 unspecified atom stereocenters. The van der Waals surface area contributed by atoms with E-state index in [0.29, 0.717) is 16.8 Å². The number of carbonyl (C=O) groups is 1. The van der Waals surface area contributed by atoms with Crippen LogP contribution < -0.4 is 5.73 Å². The van der Waals surface area contributed by atoms with Crippen molar-refractivity contribution in [2.24, 2.45) is 5.73 Å². The monoisotopic (exact) mass is 204 g/mol. The summed E-state index contributed by atoms with van der Waals surface area (Å²) in [4.78, 5) is 13.8. The van der Waals surface area contributed by atoms with E-state index in [1.54, 1.807) is 24.4 Å². The summed E-state index contributed by atoms with van der Waals surface area (Å²) in [5.41, 5.74) is 6.71. The van der Waals surface area contributed by atoms with Gasteiger partial charge >= 0.3 is 0 Å². The summed E-state index contributed by atoms with van der Waals surface area (Å²) in [6.45, 7) is 0. The summed E-state index contributed by atoms with van der Waals surface area (Å²) in [5, 5.41) is 0. The zero-order valence-corrected chi connectivity index (χ0v) is 7.83. The average molecular weight is 204 g/mol. The molecule has 0 aliphatic carbocycles. The minimum atomic E-state index is -0.556. The first-order chi connectivity index (χ1) is 7.18. The molecule has 0 aliphatic rings. The third-order valence-corrected chi connectivity index (χ3v) is 2.13. The van der Waals surface area contributed by atoms with Crippen molar-refractivity contribution in [3.63, 3.8) is 0 Å². The van der Waals surface area contributed by atoms with Crippen LogP contribution in [-0.2, 0) is 0 Å². The number of aromatic nitrogens is 1. The molecule has 0 atom stereocenters. The lowest BCUT2D eigenvalue weighted by atomic mass is 10.1. The Morgan fingerprint density at radius 3 is 2.80 bits per heavy atom. The number of hydrogen-bond donors (Lipinski definition) is 2. The molecule has 3 N–H and O–H groups in total. The van der Waals surface area contributed by atoms with Gasteiger partial charge in [-0.15, -0.1) is 0 Å². The molecule has 0 saturated heterocycles. The van der Waals surface area contributed by atoms with E-state index in [-0.39, 0.29) is 5.82 Å². The van der Waals surface area contributed by atoms with Gasteiger partial charge in [-0.3, -0.25) is 4.79 Å². The highest BCUT2D eigenvalue weighted by molar-refractivity contribution is 5.98. The second-order valence-electron chi connectivity index (χ2n) is 3.14. The molecular weight excluding hydrogens is 195 g/mol. The van der Waals surface area contributed by atoms with E-state index in [1.807, 2.05) is 0 Å². The maximum atomic E-state index is 13.0. The van der Waals surface area contributed by atoms with Crippen molar-refractivity contribution >= 4 is 5.91 Å². The minimum absolute atomic E-state index is 0.292. The number of nitrogens with one attached hydrogen (secondary N) is 1.